The zero-order chi connectivity index (χ0) is 19.9. The number of aromatic nitrogens is 2. The second kappa shape index (κ2) is 9.06. The standard InChI is InChI=1S/C24H25N5/c25-24(26-15-14-19-6-2-1-3-7-19)27-16-20-10-12-21(13-11-20)17-29-18-28-22-8-4-5-9-23(22)29/h1-13,18H,14-17H2,(H3,25,26,27). The topological polar surface area (TPSA) is 68.2 Å². The van der Waals surface area contributed by atoms with Gasteiger partial charge in [-0.2, -0.15) is 0 Å². The van der Waals surface area contributed by atoms with Crippen molar-refractivity contribution < 1.29 is 0 Å². The number of aliphatic imine (C=N–C) groups is 1. The molecule has 0 saturated carbocycles. The Morgan fingerprint density at radius 1 is 0.862 bits per heavy atom. The molecule has 4 aromatic rings. The molecule has 0 unspecified atom stereocenters. The van der Waals surface area contributed by atoms with Gasteiger partial charge in [-0.25, -0.2) is 9.98 Å². The second-order valence-corrected chi connectivity index (χ2v) is 7.04. The van der Waals surface area contributed by atoms with Crippen LogP contribution < -0.4 is 11.1 Å². The number of para-hydroxylation sites is 2. The molecule has 29 heavy (non-hydrogen) atoms. The second-order valence-electron chi connectivity index (χ2n) is 7.04. The largest absolute Gasteiger partial charge is 0.370 e. The average molecular weight is 383 g/mol. The van der Waals surface area contributed by atoms with Crippen molar-refractivity contribution in [2.45, 2.75) is 19.5 Å². The number of hydrogen-bond donors (Lipinski definition) is 2. The van der Waals surface area contributed by atoms with E-state index in [1.54, 1.807) is 0 Å². The fourth-order valence-corrected chi connectivity index (χ4v) is 3.30. The maximum absolute atomic E-state index is 5.99. The molecule has 0 radical (unpaired) electrons. The van der Waals surface area contributed by atoms with Crippen molar-refractivity contribution in [3.63, 3.8) is 0 Å². The lowest BCUT2D eigenvalue weighted by Gasteiger charge is -2.07. The summed E-state index contributed by atoms with van der Waals surface area (Å²) in [5.74, 6) is 0.481. The minimum atomic E-state index is 0.481. The van der Waals surface area contributed by atoms with Gasteiger partial charge in [-0.15, -0.1) is 0 Å². The first-order valence-corrected chi connectivity index (χ1v) is 9.83. The van der Waals surface area contributed by atoms with E-state index in [2.05, 4.69) is 62.3 Å². The maximum atomic E-state index is 5.99. The summed E-state index contributed by atoms with van der Waals surface area (Å²) in [5, 5.41) is 3.18. The zero-order valence-electron chi connectivity index (χ0n) is 16.3. The van der Waals surface area contributed by atoms with Gasteiger partial charge in [-0.05, 0) is 35.2 Å². The van der Waals surface area contributed by atoms with Gasteiger partial charge in [0.2, 0.25) is 0 Å². The van der Waals surface area contributed by atoms with Crippen LogP contribution in [-0.4, -0.2) is 22.1 Å². The van der Waals surface area contributed by atoms with E-state index in [4.69, 9.17) is 5.73 Å². The van der Waals surface area contributed by atoms with Crippen molar-refractivity contribution >= 4 is 17.0 Å². The van der Waals surface area contributed by atoms with Gasteiger partial charge in [0, 0.05) is 13.1 Å². The van der Waals surface area contributed by atoms with Crippen LogP contribution in [0.5, 0.6) is 0 Å². The Kier molecular flexibility index (Phi) is 5.86. The van der Waals surface area contributed by atoms with E-state index in [1.807, 2.05) is 42.7 Å². The minimum Gasteiger partial charge on any atom is -0.370 e. The first-order chi connectivity index (χ1) is 14.3. The van der Waals surface area contributed by atoms with E-state index < -0.39 is 0 Å². The first-order valence-electron chi connectivity index (χ1n) is 9.83. The predicted octanol–water partition coefficient (Wildman–Crippen LogP) is 3.73. The van der Waals surface area contributed by atoms with Crippen LogP contribution in [0, 0.1) is 0 Å². The van der Waals surface area contributed by atoms with Crippen molar-refractivity contribution in [3.8, 4) is 0 Å². The van der Waals surface area contributed by atoms with Gasteiger partial charge < -0.3 is 15.6 Å². The highest BCUT2D eigenvalue weighted by atomic mass is 15.1. The summed E-state index contributed by atoms with van der Waals surface area (Å²) in [4.78, 5) is 8.89. The maximum Gasteiger partial charge on any atom is 0.188 e. The number of nitrogens with one attached hydrogen (secondary N) is 1. The van der Waals surface area contributed by atoms with E-state index >= 15 is 0 Å². The van der Waals surface area contributed by atoms with Crippen LogP contribution in [0.4, 0.5) is 0 Å². The lowest BCUT2D eigenvalue weighted by atomic mass is 10.1. The summed E-state index contributed by atoms with van der Waals surface area (Å²) in [7, 11) is 0. The number of nitrogens with two attached hydrogens (primary N) is 1. The average Bonchev–Trinajstić information content (AvgIpc) is 3.17. The lowest BCUT2D eigenvalue weighted by Crippen LogP contribution is -2.33. The summed E-state index contributed by atoms with van der Waals surface area (Å²) in [6.07, 6.45) is 2.82. The number of rotatable bonds is 7. The van der Waals surface area contributed by atoms with Gasteiger partial charge in [-0.1, -0.05) is 66.7 Å². The molecule has 5 nitrogen and oxygen atoms in total. The van der Waals surface area contributed by atoms with E-state index in [9.17, 15) is 0 Å². The van der Waals surface area contributed by atoms with Gasteiger partial charge in [0.15, 0.2) is 5.96 Å². The molecule has 3 N–H and O–H groups in total. The van der Waals surface area contributed by atoms with Gasteiger partial charge in [-0.3, -0.25) is 0 Å². The van der Waals surface area contributed by atoms with Crippen LogP contribution in [0.3, 0.4) is 0 Å². The van der Waals surface area contributed by atoms with Gasteiger partial charge in [0.05, 0.1) is 23.9 Å². The van der Waals surface area contributed by atoms with Crippen molar-refractivity contribution in [1.29, 1.82) is 0 Å². The van der Waals surface area contributed by atoms with E-state index in [1.165, 1.54) is 11.1 Å². The minimum absolute atomic E-state index is 0.481. The van der Waals surface area contributed by atoms with E-state index in [0.29, 0.717) is 12.5 Å². The Morgan fingerprint density at radius 2 is 1.59 bits per heavy atom. The number of imidazole rings is 1. The third-order valence-electron chi connectivity index (χ3n) is 4.90. The van der Waals surface area contributed by atoms with Crippen LogP contribution in [0.25, 0.3) is 11.0 Å². The zero-order valence-corrected chi connectivity index (χ0v) is 16.3. The summed E-state index contributed by atoms with van der Waals surface area (Å²) < 4.78 is 2.16. The molecule has 0 aliphatic rings. The van der Waals surface area contributed by atoms with Gasteiger partial charge in [0.25, 0.3) is 0 Å². The molecule has 4 rings (SSSR count). The van der Waals surface area contributed by atoms with Gasteiger partial charge in [0.1, 0.15) is 0 Å². The first kappa shape index (κ1) is 18.7. The Balaban J connectivity index is 1.29. The summed E-state index contributed by atoms with van der Waals surface area (Å²) >= 11 is 0. The van der Waals surface area contributed by atoms with Crippen LogP contribution in [0.1, 0.15) is 16.7 Å². The Morgan fingerprint density at radius 3 is 2.41 bits per heavy atom. The molecule has 0 aliphatic carbocycles. The van der Waals surface area contributed by atoms with Crippen molar-refractivity contribution in [3.05, 3.63) is 102 Å². The fraction of sp³-hybridized carbons (Fsp3) is 0.167. The normalized spacial score (nSPS) is 11.7. The highest BCUT2D eigenvalue weighted by Crippen LogP contribution is 2.14. The molecular formula is C24H25N5. The summed E-state index contributed by atoms with van der Waals surface area (Å²) in [6, 6.07) is 27.0. The molecule has 0 fully saturated rings. The lowest BCUT2D eigenvalue weighted by molar-refractivity contribution is 0.823. The third-order valence-corrected chi connectivity index (χ3v) is 4.90. The van der Waals surface area contributed by atoms with Crippen LogP contribution >= 0.6 is 0 Å². The Bertz CT molecular complexity index is 1080. The Hall–Kier alpha value is -3.60. The number of hydrogen-bond acceptors (Lipinski definition) is 2. The molecule has 0 spiro atoms. The number of fused-ring (bicyclic) bond motifs is 1. The number of guanidine groups is 1. The molecule has 0 saturated heterocycles. The smallest absolute Gasteiger partial charge is 0.188 e. The summed E-state index contributed by atoms with van der Waals surface area (Å²) in [5.41, 5.74) is 11.8. The monoisotopic (exact) mass is 383 g/mol. The predicted molar refractivity (Wildman–Crippen MR) is 119 cm³/mol. The van der Waals surface area contributed by atoms with E-state index in [0.717, 1.165) is 36.1 Å². The molecule has 3 aromatic carbocycles. The highest BCUT2D eigenvalue weighted by Gasteiger charge is 2.02. The molecule has 0 atom stereocenters. The molecule has 0 aliphatic heterocycles. The third kappa shape index (κ3) is 5.02. The highest BCUT2D eigenvalue weighted by molar-refractivity contribution is 5.77. The SMILES string of the molecule is NC(=NCc1ccc(Cn2cnc3ccccc32)cc1)NCCc1ccccc1. The molecule has 146 valence electrons. The van der Waals surface area contributed by atoms with E-state index in [-0.39, 0.29) is 0 Å². The molecule has 1 heterocycles. The molecule has 0 amide bonds. The molecule has 5 heteroatoms. The molecule has 0 bridgehead atoms. The van der Waals surface area contributed by atoms with Crippen molar-refractivity contribution in [2.75, 3.05) is 6.54 Å². The van der Waals surface area contributed by atoms with Gasteiger partial charge >= 0.3 is 0 Å². The summed E-state index contributed by atoms with van der Waals surface area (Å²) in [6.45, 7) is 2.14. The van der Waals surface area contributed by atoms with Crippen LogP contribution in [-0.2, 0) is 19.5 Å². The van der Waals surface area contributed by atoms with Crippen LogP contribution in [0.15, 0.2) is 90.2 Å². The fourth-order valence-electron chi connectivity index (χ4n) is 3.30. The Labute approximate surface area is 170 Å². The number of benzene rings is 3. The van der Waals surface area contributed by atoms with Crippen molar-refractivity contribution in [2.24, 2.45) is 10.7 Å². The quantitative estimate of drug-likeness (QED) is 0.377. The van der Waals surface area contributed by atoms with Crippen LogP contribution in [0.2, 0.25) is 0 Å². The number of nitrogens with zero attached hydrogens (tertiary/aromatic N) is 3. The molecular weight excluding hydrogens is 358 g/mol. The van der Waals surface area contributed by atoms with Crippen molar-refractivity contribution in [1.82, 2.24) is 14.9 Å². The molecule has 1 aromatic heterocycles.